The molecule has 1 N–H and O–H groups in total. The van der Waals surface area contributed by atoms with Crippen molar-refractivity contribution in [2.45, 2.75) is 17.1 Å². The predicted molar refractivity (Wildman–Crippen MR) is 68.7 cm³/mol. The first-order chi connectivity index (χ1) is 8.69. The number of aromatic carboxylic acids is 1. The van der Waals surface area contributed by atoms with E-state index >= 15 is 0 Å². The fourth-order valence-corrected chi connectivity index (χ4v) is 3.17. The molecule has 1 rings (SSSR count). The molecule has 0 fully saturated rings. The topological polar surface area (TPSA) is 91.8 Å². The lowest BCUT2D eigenvalue weighted by Crippen LogP contribution is -2.37. The first-order valence-corrected chi connectivity index (χ1v) is 7.01. The number of nitrogens with zero attached hydrogens (tertiary/aromatic N) is 1. The van der Waals surface area contributed by atoms with Crippen LogP contribution in [0.2, 0.25) is 0 Å². The fraction of sp³-hybridized carbons (Fsp3) is 0.333. The van der Waals surface area contributed by atoms with Crippen LogP contribution in [-0.4, -0.2) is 49.6 Å². The number of carboxylic acids is 1. The normalized spacial score (nSPS) is 12.8. The quantitative estimate of drug-likeness (QED) is 0.876. The van der Waals surface area contributed by atoms with Crippen LogP contribution in [0.5, 0.6) is 0 Å². The van der Waals surface area contributed by atoms with E-state index in [1.54, 1.807) is 0 Å². The first-order valence-electron chi connectivity index (χ1n) is 5.47. The standard InChI is InChI=1S/C12H15NO5S/c1-8(11(14)13(2)3)19(17,18)10-7-5-4-6-9(10)12(15)16/h4-8H,1-3H3,(H,15,16). The zero-order valence-corrected chi connectivity index (χ0v) is 11.6. The minimum atomic E-state index is -4.03. The van der Waals surface area contributed by atoms with Crippen LogP contribution in [0.1, 0.15) is 17.3 Å². The summed E-state index contributed by atoms with van der Waals surface area (Å²) in [6, 6.07) is 5.24. The van der Waals surface area contributed by atoms with Gasteiger partial charge in [-0.3, -0.25) is 4.79 Å². The van der Waals surface area contributed by atoms with Crippen molar-refractivity contribution in [1.29, 1.82) is 0 Å². The second kappa shape index (κ2) is 5.40. The van der Waals surface area contributed by atoms with E-state index in [0.29, 0.717) is 0 Å². The molecule has 1 amide bonds. The molecular weight excluding hydrogens is 270 g/mol. The Hall–Kier alpha value is -1.89. The molecule has 1 atom stereocenters. The Kier molecular flexibility index (Phi) is 4.31. The molecule has 0 spiro atoms. The molecule has 0 heterocycles. The molecule has 1 unspecified atom stereocenters. The fourth-order valence-electron chi connectivity index (χ4n) is 1.58. The first kappa shape index (κ1) is 15.2. The highest BCUT2D eigenvalue weighted by Gasteiger charge is 2.33. The number of hydrogen-bond acceptors (Lipinski definition) is 4. The van der Waals surface area contributed by atoms with Crippen LogP contribution >= 0.6 is 0 Å². The summed E-state index contributed by atoms with van der Waals surface area (Å²) in [5.74, 6) is -1.94. The number of carbonyl (C=O) groups excluding carboxylic acids is 1. The van der Waals surface area contributed by atoms with Crippen LogP contribution < -0.4 is 0 Å². The van der Waals surface area contributed by atoms with Crippen molar-refractivity contribution < 1.29 is 23.1 Å². The average Bonchev–Trinajstić information content (AvgIpc) is 2.36. The summed E-state index contributed by atoms with van der Waals surface area (Å²) in [6.07, 6.45) is 0. The molecule has 0 aliphatic rings. The van der Waals surface area contributed by atoms with Gasteiger partial charge >= 0.3 is 5.97 Å². The van der Waals surface area contributed by atoms with Gasteiger partial charge in [-0.1, -0.05) is 12.1 Å². The lowest BCUT2D eigenvalue weighted by Gasteiger charge is -2.18. The van der Waals surface area contributed by atoms with Gasteiger partial charge in [0.2, 0.25) is 5.91 Å². The third-order valence-corrected chi connectivity index (χ3v) is 4.78. The summed E-state index contributed by atoms with van der Waals surface area (Å²) in [7, 11) is -1.15. The van der Waals surface area contributed by atoms with E-state index in [4.69, 9.17) is 5.11 Å². The second-order valence-corrected chi connectivity index (χ2v) is 6.46. The maximum absolute atomic E-state index is 12.3. The molecular formula is C12H15NO5S. The van der Waals surface area contributed by atoms with Gasteiger partial charge in [-0.25, -0.2) is 13.2 Å². The summed E-state index contributed by atoms with van der Waals surface area (Å²) in [5.41, 5.74) is -0.332. The van der Waals surface area contributed by atoms with Crippen molar-refractivity contribution >= 4 is 21.7 Å². The number of benzene rings is 1. The average molecular weight is 285 g/mol. The Labute approximate surface area is 111 Å². The van der Waals surface area contributed by atoms with Crippen molar-refractivity contribution in [1.82, 2.24) is 4.90 Å². The van der Waals surface area contributed by atoms with E-state index in [9.17, 15) is 18.0 Å². The van der Waals surface area contributed by atoms with Gasteiger partial charge in [-0.05, 0) is 19.1 Å². The van der Waals surface area contributed by atoms with E-state index < -0.39 is 27.0 Å². The SMILES string of the molecule is CC(C(=O)N(C)C)S(=O)(=O)c1ccccc1C(=O)O. The molecule has 104 valence electrons. The van der Waals surface area contributed by atoms with Crippen molar-refractivity contribution in [3.63, 3.8) is 0 Å². The van der Waals surface area contributed by atoms with Gasteiger partial charge in [0.15, 0.2) is 9.84 Å². The summed E-state index contributed by atoms with van der Waals surface area (Å²) in [6.45, 7) is 1.25. The smallest absolute Gasteiger partial charge is 0.337 e. The molecule has 1 aromatic carbocycles. The monoisotopic (exact) mass is 285 g/mol. The van der Waals surface area contributed by atoms with Gasteiger partial charge in [-0.15, -0.1) is 0 Å². The van der Waals surface area contributed by atoms with E-state index in [2.05, 4.69) is 0 Å². The second-order valence-electron chi connectivity index (χ2n) is 4.22. The summed E-state index contributed by atoms with van der Waals surface area (Å²) < 4.78 is 24.6. The van der Waals surface area contributed by atoms with Crippen molar-refractivity contribution in [3.05, 3.63) is 29.8 Å². The molecule has 7 heteroatoms. The maximum atomic E-state index is 12.3. The van der Waals surface area contributed by atoms with Crippen LogP contribution in [0.15, 0.2) is 29.2 Å². The molecule has 0 radical (unpaired) electrons. The highest BCUT2D eigenvalue weighted by atomic mass is 32.2. The number of carbonyl (C=O) groups is 2. The lowest BCUT2D eigenvalue weighted by atomic mass is 10.2. The molecule has 0 aliphatic heterocycles. The third kappa shape index (κ3) is 2.93. The summed E-state index contributed by atoms with van der Waals surface area (Å²) in [5, 5.41) is 7.67. The Balaban J connectivity index is 3.36. The van der Waals surface area contributed by atoms with Gasteiger partial charge < -0.3 is 10.0 Å². The van der Waals surface area contributed by atoms with Crippen molar-refractivity contribution in [2.24, 2.45) is 0 Å². The number of hydrogen-bond donors (Lipinski definition) is 1. The van der Waals surface area contributed by atoms with Gasteiger partial charge in [0, 0.05) is 14.1 Å². The van der Waals surface area contributed by atoms with Gasteiger partial charge in [0.1, 0.15) is 5.25 Å². The minimum absolute atomic E-state index is 0.332. The van der Waals surface area contributed by atoms with E-state index in [1.807, 2.05) is 0 Å². The zero-order chi connectivity index (χ0) is 14.8. The maximum Gasteiger partial charge on any atom is 0.337 e. The van der Waals surface area contributed by atoms with Crippen LogP contribution in [0.25, 0.3) is 0 Å². The van der Waals surface area contributed by atoms with Crippen LogP contribution in [0.3, 0.4) is 0 Å². The van der Waals surface area contributed by atoms with E-state index in [0.717, 1.165) is 4.90 Å². The molecule has 1 aromatic rings. The number of carboxylic acid groups (broad SMARTS) is 1. The third-order valence-electron chi connectivity index (χ3n) is 2.68. The number of sulfone groups is 1. The Morgan fingerprint density at radius 3 is 2.21 bits per heavy atom. The Morgan fingerprint density at radius 1 is 1.21 bits per heavy atom. The summed E-state index contributed by atoms with van der Waals surface area (Å²) in [4.78, 5) is 23.6. The summed E-state index contributed by atoms with van der Waals surface area (Å²) >= 11 is 0. The number of amides is 1. The largest absolute Gasteiger partial charge is 0.478 e. The predicted octanol–water partition coefficient (Wildman–Crippen LogP) is 0.635. The molecule has 19 heavy (non-hydrogen) atoms. The molecule has 0 bridgehead atoms. The van der Waals surface area contributed by atoms with Crippen LogP contribution in [0, 0.1) is 0 Å². The molecule has 0 saturated carbocycles. The number of rotatable bonds is 4. The molecule has 6 nitrogen and oxygen atoms in total. The van der Waals surface area contributed by atoms with Gasteiger partial charge in [0.25, 0.3) is 0 Å². The minimum Gasteiger partial charge on any atom is -0.478 e. The Bertz CT molecular complexity index is 606. The van der Waals surface area contributed by atoms with Crippen LogP contribution in [-0.2, 0) is 14.6 Å². The van der Waals surface area contributed by atoms with E-state index in [1.165, 1.54) is 45.3 Å². The highest BCUT2D eigenvalue weighted by Crippen LogP contribution is 2.21. The lowest BCUT2D eigenvalue weighted by molar-refractivity contribution is -0.127. The molecule has 0 aliphatic carbocycles. The van der Waals surface area contributed by atoms with Gasteiger partial charge in [-0.2, -0.15) is 0 Å². The zero-order valence-electron chi connectivity index (χ0n) is 10.8. The molecule has 0 aromatic heterocycles. The van der Waals surface area contributed by atoms with Crippen molar-refractivity contribution in [2.75, 3.05) is 14.1 Å². The highest BCUT2D eigenvalue weighted by molar-refractivity contribution is 7.92. The molecule has 0 saturated heterocycles. The van der Waals surface area contributed by atoms with E-state index in [-0.39, 0.29) is 10.5 Å². The van der Waals surface area contributed by atoms with Gasteiger partial charge in [0.05, 0.1) is 10.5 Å². The van der Waals surface area contributed by atoms with Crippen LogP contribution in [0.4, 0.5) is 0 Å². The Morgan fingerprint density at radius 2 is 1.74 bits per heavy atom. The van der Waals surface area contributed by atoms with Crippen molar-refractivity contribution in [3.8, 4) is 0 Å².